The number of alkyl halides is 6. The second-order valence-electron chi connectivity index (χ2n) is 11.7. The molecule has 2 aromatic carbocycles. The molecule has 1 atom stereocenters. The number of halogens is 6. The van der Waals surface area contributed by atoms with Crippen molar-refractivity contribution in [3.63, 3.8) is 0 Å². The largest absolute Gasteiger partial charge is 2.00 e. The number of ketones is 1. The Labute approximate surface area is 295 Å². The summed E-state index contributed by atoms with van der Waals surface area (Å²) in [5.74, 6) is -1.69. The van der Waals surface area contributed by atoms with E-state index in [1.54, 1.807) is 47.6 Å². The third-order valence-electron chi connectivity index (χ3n) is 5.10. The average Bonchev–Trinajstić information content (AvgIpc) is 3.47. The summed E-state index contributed by atoms with van der Waals surface area (Å²) in [6, 6.07) is 8.82. The molecular formula is C30H28CoF6N2O8S2. The number of ether oxygens (including phenoxy) is 4. The van der Waals surface area contributed by atoms with Gasteiger partial charge in [-0.3, -0.25) is 4.79 Å². The number of carbonyl (C=O) groups is 3. The molecule has 49 heavy (non-hydrogen) atoms. The van der Waals surface area contributed by atoms with Gasteiger partial charge < -0.3 is 34.7 Å². The second-order valence-corrected chi connectivity index (χ2v) is 13.8. The van der Waals surface area contributed by atoms with Gasteiger partial charge in [-0.15, -0.1) is 34.9 Å². The third-order valence-corrected chi connectivity index (χ3v) is 7.09. The minimum atomic E-state index is -4.94. The van der Waals surface area contributed by atoms with Gasteiger partial charge in [-0.1, -0.05) is 16.1 Å². The van der Waals surface area contributed by atoms with Crippen molar-refractivity contribution in [2.75, 3.05) is 0 Å². The van der Waals surface area contributed by atoms with Crippen LogP contribution in [0.2, 0.25) is 0 Å². The molecule has 0 aliphatic carbocycles. The maximum absolute atomic E-state index is 12.4. The molecule has 4 rings (SSSR count). The molecule has 0 amide bonds. The van der Waals surface area contributed by atoms with Crippen LogP contribution < -0.4 is 9.47 Å². The minimum absolute atomic E-state index is 0. The molecule has 1 N–H and O–H groups in total. The van der Waals surface area contributed by atoms with E-state index in [1.807, 2.05) is 0 Å². The minimum Gasteiger partial charge on any atom is -0.651 e. The summed E-state index contributed by atoms with van der Waals surface area (Å²) in [4.78, 5) is 35.3. The van der Waals surface area contributed by atoms with E-state index in [4.69, 9.17) is 24.1 Å². The van der Waals surface area contributed by atoms with Crippen molar-refractivity contribution in [1.82, 2.24) is 0 Å². The SMILES string of the molecule is CC(C)(C)OC(=O)Oc1ccc2c(c1)[N-]/C(=C\C(=O)C(F)(F)F)S2.CC(C)(C)OC(=O)Oc1ccc2c(c1)[N-]/C(=C\C(O)C(F)(F)F)S2.[Co+2]. The molecule has 0 spiro atoms. The summed E-state index contributed by atoms with van der Waals surface area (Å²) < 4.78 is 93.8. The summed E-state index contributed by atoms with van der Waals surface area (Å²) in [7, 11) is 0. The van der Waals surface area contributed by atoms with Crippen LogP contribution in [0.4, 0.5) is 47.3 Å². The Hall–Kier alpha value is -3.52. The van der Waals surface area contributed by atoms with Crippen LogP contribution in [-0.2, 0) is 31.0 Å². The summed E-state index contributed by atoms with van der Waals surface area (Å²) in [5.41, 5.74) is -0.775. The molecule has 0 aromatic heterocycles. The summed E-state index contributed by atoms with van der Waals surface area (Å²) in [5, 5.41) is 16.9. The fraction of sp³-hybridized carbons (Fsp3) is 0.367. The van der Waals surface area contributed by atoms with E-state index in [9.17, 15) is 40.7 Å². The third kappa shape index (κ3) is 13.7. The smallest absolute Gasteiger partial charge is 0.651 e. The van der Waals surface area contributed by atoms with Crippen molar-refractivity contribution in [3.05, 3.63) is 69.2 Å². The molecule has 2 heterocycles. The van der Waals surface area contributed by atoms with E-state index in [2.05, 4.69) is 10.6 Å². The van der Waals surface area contributed by atoms with Crippen LogP contribution in [-0.4, -0.2) is 52.9 Å². The zero-order chi connectivity index (χ0) is 36.2. The number of hydrogen-bond donors (Lipinski definition) is 1. The van der Waals surface area contributed by atoms with E-state index in [-0.39, 0.29) is 38.3 Å². The molecule has 0 fully saturated rings. The Morgan fingerprint density at radius 2 is 1.14 bits per heavy atom. The molecule has 19 heteroatoms. The molecular weight excluding hydrogens is 753 g/mol. The van der Waals surface area contributed by atoms with Gasteiger partial charge in [0.1, 0.15) is 22.7 Å². The maximum atomic E-state index is 12.4. The first-order chi connectivity index (χ1) is 21.9. The predicted octanol–water partition coefficient (Wildman–Crippen LogP) is 9.96. The van der Waals surface area contributed by atoms with Crippen molar-refractivity contribution in [2.45, 2.75) is 81.0 Å². The number of benzene rings is 2. The Balaban J connectivity index is 0.000000333. The quantitative estimate of drug-likeness (QED) is 0.138. The van der Waals surface area contributed by atoms with Gasteiger partial charge in [0.25, 0.3) is 5.78 Å². The first-order valence-corrected chi connectivity index (χ1v) is 15.2. The van der Waals surface area contributed by atoms with Gasteiger partial charge in [-0.25, -0.2) is 9.59 Å². The predicted molar refractivity (Wildman–Crippen MR) is 164 cm³/mol. The van der Waals surface area contributed by atoms with E-state index in [1.165, 1.54) is 30.3 Å². The fourth-order valence-corrected chi connectivity index (χ4v) is 5.06. The van der Waals surface area contributed by atoms with Crippen LogP contribution in [0.25, 0.3) is 10.6 Å². The van der Waals surface area contributed by atoms with Gasteiger partial charge in [-0.2, -0.15) is 26.3 Å². The van der Waals surface area contributed by atoms with E-state index >= 15 is 0 Å². The number of thioether (sulfide) groups is 2. The number of hydrogen-bond acceptors (Lipinski definition) is 10. The summed E-state index contributed by atoms with van der Waals surface area (Å²) in [6.45, 7) is 10.1. The van der Waals surface area contributed by atoms with Crippen LogP contribution in [0.15, 0.2) is 68.4 Å². The van der Waals surface area contributed by atoms with Crippen molar-refractivity contribution in [2.24, 2.45) is 0 Å². The monoisotopic (exact) mass is 781 g/mol. The zero-order valence-electron chi connectivity index (χ0n) is 26.3. The van der Waals surface area contributed by atoms with Gasteiger partial charge in [0.2, 0.25) is 0 Å². The normalized spacial score (nSPS) is 16.1. The van der Waals surface area contributed by atoms with Gasteiger partial charge in [0.05, 0.1) is 0 Å². The van der Waals surface area contributed by atoms with Crippen LogP contribution in [0.1, 0.15) is 41.5 Å². The molecule has 1 unspecified atom stereocenters. The Kier molecular flexibility index (Phi) is 13.6. The van der Waals surface area contributed by atoms with Gasteiger partial charge >= 0.3 is 41.4 Å². The number of aliphatic hydroxyl groups is 1. The molecule has 0 bridgehead atoms. The molecule has 0 saturated heterocycles. The molecule has 2 aliphatic rings. The molecule has 2 aliphatic heterocycles. The van der Waals surface area contributed by atoms with Crippen molar-refractivity contribution in [3.8, 4) is 11.5 Å². The Bertz CT molecular complexity index is 1620. The number of allylic oxidation sites excluding steroid dienone is 1. The maximum Gasteiger partial charge on any atom is 2.00 e. The van der Waals surface area contributed by atoms with Crippen LogP contribution in [0.5, 0.6) is 11.5 Å². The van der Waals surface area contributed by atoms with Crippen molar-refractivity contribution in [1.29, 1.82) is 0 Å². The second kappa shape index (κ2) is 16.0. The van der Waals surface area contributed by atoms with E-state index in [0.717, 1.165) is 23.5 Å². The van der Waals surface area contributed by atoms with Crippen LogP contribution in [0, 0.1) is 0 Å². The summed E-state index contributed by atoms with van der Waals surface area (Å²) in [6.07, 6.45) is -13.0. The van der Waals surface area contributed by atoms with Gasteiger partial charge in [-0.05, 0) is 93.8 Å². The van der Waals surface area contributed by atoms with Gasteiger partial charge in [0.15, 0.2) is 6.10 Å². The molecule has 0 saturated carbocycles. The molecule has 10 nitrogen and oxygen atoms in total. The first kappa shape index (κ1) is 41.6. The Morgan fingerprint density at radius 3 is 1.53 bits per heavy atom. The summed E-state index contributed by atoms with van der Waals surface area (Å²) >= 11 is 1.90. The topological polar surface area (TPSA) is 137 Å². The van der Waals surface area contributed by atoms with E-state index in [0.29, 0.717) is 33.3 Å². The van der Waals surface area contributed by atoms with E-state index < -0.39 is 47.8 Å². The van der Waals surface area contributed by atoms with Crippen molar-refractivity contribution >= 4 is 53.0 Å². The number of nitrogens with zero attached hydrogens (tertiary/aromatic N) is 2. The zero-order valence-corrected chi connectivity index (χ0v) is 29.0. The molecule has 269 valence electrons. The van der Waals surface area contributed by atoms with Crippen LogP contribution in [0.3, 0.4) is 0 Å². The number of fused-ring (bicyclic) bond motifs is 2. The Morgan fingerprint density at radius 1 is 0.735 bits per heavy atom. The van der Waals surface area contributed by atoms with Crippen LogP contribution >= 0.6 is 23.5 Å². The van der Waals surface area contributed by atoms with Gasteiger partial charge in [0, 0.05) is 0 Å². The number of rotatable bonds is 4. The fourth-order valence-electron chi connectivity index (χ4n) is 3.27. The molecule has 2 aromatic rings. The number of aliphatic hydroxyl groups excluding tert-OH is 1. The number of carbonyl (C=O) groups excluding carboxylic acids is 3. The first-order valence-electron chi connectivity index (χ1n) is 13.6. The van der Waals surface area contributed by atoms with Crippen molar-refractivity contribution < 1.29 is 81.6 Å². The standard InChI is InChI=1S/C15H15F3NO4S.C15H14F3NO4S.Co/c2*1-14(2,3)23-13(21)22-8-4-5-10-9(6-8)19-12(24-10)7-11(20)15(16,17)18;/h4-7,11,20H,1-3H3;4-7H,1-3H3,(H,19,20);/q-1;;+2/p-1/b12-7+;;. The average molecular weight is 782 g/mol. The molecule has 1 radical (unpaired) electrons.